The van der Waals surface area contributed by atoms with Crippen molar-refractivity contribution in [3.63, 3.8) is 0 Å². The molecule has 0 aliphatic carbocycles. The van der Waals surface area contributed by atoms with Crippen molar-refractivity contribution in [2.45, 2.75) is 19.8 Å². The number of likely N-dealkylation sites (N-methyl/N-ethyl adjacent to an activating group) is 1. The zero-order valence-electron chi connectivity index (χ0n) is 10.3. The van der Waals surface area contributed by atoms with Crippen LogP contribution >= 0.6 is 0 Å². The molecule has 1 aromatic carbocycles. The van der Waals surface area contributed by atoms with Gasteiger partial charge in [-0.25, -0.2) is 4.39 Å². The minimum atomic E-state index is -0.240. The molecular formula is C13H16FN3O. The van der Waals surface area contributed by atoms with E-state index in [1.807, 2.05) is 6.92 Å². The Labute approximate surface area is 105 Å². The van der Waals surface area contributed by atoms with Gasteiger partial charge in [-0.1, -0.05) is 19.1 Å². The topological polar surface area (TPSA) is 51.0 Å². The van der Waals surface area contributed by atoms with Gasteiger partial charge in [0.2, 0.25) is 11.8 Å². The lowest BCUT2D eigenvalue weighted by Gasteiger charge is -1.97. The van der Waals surface area contributed by atoms with E-state index in [1.165, 1.54) is 12.1 Å². The molecule has 1 aromatic heterocycles. The second kappa shape index (κ2) is 6.26. The Balaban J connectivity index is 1.91. The molecule has 2 rings (SSSR count). The van der Waals surface area contributed by atoms with Gasteiger partial charge in [-0.3, -0.25) is 0 Å². The lowest BCUT2D eigenvalue weighted by molar-refractivity contribution is 0.452. The molecule has 0 saturated heterocycles. The fourth-order valence-electron chi connectivity index (χ4n) is 1.61. The fraction of sp³-hybridized carbons (Fsp3) is 0.385. The Hall–Kier alpha value is -1.75. The van der Waals surface area contributed by atoms with Crippen molar-refractivity contribution >= 4 is 0 Å². The van der Waals surface area contributed by atoms with Gasteiger partial charge >= 0.3 is 0 Å². The van der Waals surface area contributed by atoms with Crippen LogP contribution in [0, 0.1) is 5.82 Å². The summed E-state index contributed by atoms with van der Waals surface area (Å²) in [5.41, 5.74) is 0.957. The number of hydrogen-bond acceptors (Lipinski definition) is 4. The summed E-state index contributed by atoms with van der Waals surface area (Å²) < 4.78 is 18.3. The maximum absolute atomic E-state index is 12.7. The number of hydrogen-bond donors (Lipinski definition) is 1. The summed E-state index contributed by atoms with van der Waals surface area (Å²) in [5.74, 6) is 0.955. The van der Waals surface area contributed by atoms with E-state index >= 15 is 0 Å². The molecule has 1 heterocycles. The number of nitrogens with one attached hydrogen (secondary N) is 1. The molecule has 1 N–H and O–H groups in total. The summed E-state index contributed by atoms with van der Waals surface area (Å²) in [4.78, 5) is 0. The smallest absolute Gasteiger partial charge is 0.220 e. The maximum Gasteiger partial charge on any atom is 0.220 e. The molecule has 0 spiro atoms. The van der Waals surface area contributed by atoms with E-state index < -0.39 is 0 Å². The molecule has 5 heteroatoms. The number of nitrogens with zero attached hydrogens (tertiary/aromatic N) is 2. The van der Waals surface area contributed by atoms with Gasteiger partial charge in [-0.15, -0.1) is 10.2 Å². The zero-order valence-corrected chi connectivity index (χ0v) is 10.3. The second-order valence-corrected chi connectivity index (χ2v) is 4.00. The molecule has 4 nitrogen and oxygen atoms in total. The molecule has 0 radical (unpaired) electrons. The Morgan fingerprint density at radius 3 is 2.61 bits per heavy atom. The molecule has 0 bridgehead atoms. The van der Waals surface area contributed by atoms with Crippen LogP contribution in [0.5, 0.6) is 0 Å². The first-order valence-corrected chi connectivity index (χ1v) is 6.04. The molecule has 18 heavy (non-hydrogen) atoms. The zero-order chi connectivity index (χ0) is 12.8. The third-order valence-electron chi connectivity index (χ3n) is 2.54. The largest absolute Gasteiger partial charge is 0.425 e. The van der Waals surface area contributed by atoms with Crippen molar-refractivity contribution in [1.82, 2.24) is 15.5 Å². The van der Waals surface area contributed by atoms with Gasteiger partial charge in [0.25, 0.3) is 0 Å². The summed E-state index contributed by atoms with van der Waals surface area (Å²) in [6, 6.07) is 6.30. The van der Waals surface area contributed by atoms with Crippen LogP contribution in [-0.4, -0.2) is 23.3 Å². The Kier molecular flexibility index (Phi) is 4.41. The van der Waals surface area contributed by atoms with Gasteiger partial charge in [0.05, 0.1) is 6.42 Å². The van der Waals surface area contributed by atoms with Crippen LogP contribution in [0.25, 0.3) is 0 Å². The monoisotopic (exact) mass is 249 g/mol. The molecule has 0 aliphatic heterocycles. The van der Waals surface area contributed by atoms with E-state index in [1.54, 1.807) is 12.1 Å². The van der Waals surface area contributed by atoms with Crippen molar-refractivity contribution < 1.29 is 8.81 Å². The van der Waals surface area contributed by atoms with Crippen molar-refractivity contribution in [3.8, 4) is 0 Å². The average molecular weight is 249 g/mol. The highest BCUT2D eigenvalue weighted by molar-refractivity contribution is 5.18. The Morgan fingerprint density at radius 2 is 1.89 bits per heavy atom. The minimum Gasteiger partial charge on any atom is -0.425 e. The molecule has 96 valence electrons. The lowest BCUT2D eigenvalue weighted by Crippen LogP contribution is -2.16. The van der Waals surface area contributed by atoms with Crippen LogP contribution < -0.4 is 5.32 Å². The van der Waals surface area contributed by atoms with Crippen molar-refractivity contribution in [3.05, 3.63) is 47.4 Å². The minimum absolute atomic E-state index is 0.240. The molecule has 0 atom stereocenters. The van der Waals surface area contributed by atoms with Crippen molar-refractivity contribution in [2.75, 3.05) is 13.1 Å². The highest BCUT2D eigenvalue weighted by Crippen LogP contribution is 2.09. The molecule has 0 amide bonds. The Morgan fingerprint density at radius 1 is 1.17 bits per heavy atom. The first-order valence-electron chi connectivity index (χ1n) is 6.04. The predicted molar refractivity (Wildman–Crippen MR) is 65.8 cm³/mol. The van der Waals surface area contributed by atoms with Crippen LogP contribution in [0.2, 0.25) is 0 Å². The van der Waals surface area contributed by atoms with E-state index in [0.717, 1.165) is 25.1 Å². The van der Waals surface area contributed by atoms with Crippen LogP contribution in [0.15, 0.2) is 28.7 Å². The highest BCUT2D eigenvalue weighted by Gasteiger charge is 2.06. The van der Waals surface area contributed by atoms with E-state index in [4.69, 9.17) is 4.42 Å². The Bertz CT molecular complexity index is 481. The third kappa shape index (κ3) is 3.63. The summed E-state index contributed by atoms with van der Waals surface area (Å²) in [5, 5.41) is 11.1. The maximum atomic E-state index is 12.7. The third-order valence-corrected chi connectivity index (χ3v) is 2.54. The SMILES string of the molecule is CCNCCc1nnc(Cc2ccc(F)cc2)o1. The summed E-state index contributed by atoms with van der Waals surface area (Å²) in [6.07, 6.45) is 1.26. The van der Waals surface area contributed by atoms with Crippen LogP contribution in [0.4, 0.5) is 4.39 Å². The summed E-state index contributed by atoms with van der Waals surface area (Å²) in [6.45, 7) is 3.80. The summed E-state index contributed by atoms with van der Waals surface area (Å²) >= 11 is 0. The lowest BCUT2D eigenvalue weighted by atomic mass is 10.1. The quantitative estimate of drug-likeness (QED) is 0.795. The number of aromatic nitrogens is 2. The van der Waals surface area contributed by atoms with Crippen LogP contribution in [-0.2, 0) is 12.8 Å². The molecule has 0 saturated carbocycles. The normalized spacial score (nSPS) is 10.8. The fourth-order valence-corrected chi connectivity index (χ4v) is 1.61. The van der Waals surface area contributed by atoms with Gasteiger partial charge in [0.1, 0.15) is 5.82 Å². The van der Waals surface area contributed by atoms with Gasteiger partial charge in [-0.2, -0.15) is 0 Å². The number of benzene rings is 1. The first-order chi connectivity index (χ1) is 8.78. The average Bonchev–Trinajstić information content (AvgIpc) is 2.80. The van der Waals surface area contributed by atoms with Crippen LogP contribution in [0.1, 0.15) is 24.3 Å². The van der Waals surface area contributed by atoms with Crippen molar-refractivity contribution in [2.24, 2.45) is 0 Å². The standard InChI is InChI=1S/C13H16FN3O/c1-2-15-8-7-12-16-17-13(18-12)9-10-3-5-11(14)6-4-10/h3-6,15H,2,7-9H2,1H3. The molecule has 0 aliphatic rings. The number of rotatable bonds is 6. The van der Waals surface area contributed by atoms with Crippen LogP contribution in [0.3, 0.4) is 0 Å². The first kappa shape index (κ1) is 12.7. The number of halogens is 1. The highest BCUT2D eigenvalue weighted by atomic mass is 19.1. The molecule has 2 aromatic rings. The van der Waals surface area contributed by atoms with E-state index in [0.29, 0.717) is 18.2 Å². The molecule has 0 unspecified atom stereocenters. The van der Waals surface area contributed by atoms with E-state index in [-0.39, 0.29) is 5.82 Å². The van der Waals surface area contributed by atoms with E-state index in [9.17, 15) is 4.39 Å². The molecular weight excluding hydrogens is 233 g/mol. The van der Waals surface area contributed by atoms with E-state index in [2.05, 4.69) is 15.5 Å². The van der Waals surface area contributed by atoms with Gasteiger partial charge in [-0.05, 0) is 24.2 Å². The van der Waals surface area contributed by atoms with Gasteiger partial charge in [0.15, 0.2) is 0 Å². The van der Waals surface area contributed by atoms with Crippen molar-refractivity contribution in [1.29, 1.82) is 0 Å². The molecule has 0 fully saturated rings. The predicted octanol–water partition coefficient (Wildman–Crippen LogP) is 1.95. The second-order valence-electron chi connectivity index (χ2n) is 4.00. The summed E-state index contributed by atoms with van der Waals surface area (Å²) in [7, 11) is 0. The van der Waals surface area contributed by atoms with Gasteiger partial charge < -0.3 is 9.73 Å². The van der Waals surface area contributed by atoms with Gasteiger partial charge in [0, 0.05) is 13.0 Å².